The van der Waals surface area contributed by atoms with Crippen molar-refractivity contribution in [2.45, 2.75) is 322 Å². The van der Waals surface area contributed by atoms with Gasteiger partial charge in [-0.05, 0) is 57.8 Å². The molecule has 0 aromatic carbocycles. The van der Waals surface area contributed by atoms with Crippen LogP contribution in [-0.2, 0) is 28.6 Å². The lowest BCUT2D eigenvalue weighted by Gasteiger charge is -2.18. The van der Waals surface area contributed by atoms with Crippen molar-refractivity contribution in [2.75, 3.05) is 13.2 Å². The first-order valence-electron chi connectivity index (χ1n) is 30.8. The first-order chi connectivity index (χ1) is 35.0. The van der Waals surface area contributed by atoms with E-state index >= 15 is 0 Å². The van der Waals surface area contributed by atoms with Crippen LogP contribution >= 0.6 is 0 Å². The molecule has 0 bridgehead atoms. The Morgan fingerprint density at radius 1 is 0.296 bits per heavy atom. The molecule has 0 aliphatic carbocycles. The summed E-state index contributed by atoms with van der Waals surface area (Å²) >= 11 is 0. The van der Waals surface area contributed by atoms with E-state index in [4.69, 9.17) is 14.2 Å². The van der Waals surface area contributed by atoms with Crippen molar-refractivity contribution in [2.24, 2.45) is 0 Å². The summed E-state index contributed by atoms with van der Waals surface area (Å²) < 4.78 is 16.9. The van der Waals surface area contributed by atoms with E-state index in [0.717, 1.165) is 77.0 Å². The Labute approximate surface area is 440 Å². The first-order valence-corrected chi connectivity index (χ1v) is 30.8. The number of rotatable bonds is 56. The van der Waals surface area contributed by atoms with Gasteiger partial charge in [-0.25, -0.2) is 0 Å². The number of carbonyl (C=O) groups excluding carboxylic acids is 3. The maximum Gasteiger partial charge on any atom is 0.306 e. The second-order valence-electron chi connectivity index (χ2n) is 20.6. The minimum atomic E-state index is -0.794. The number of carbonyl (C=O) groups is 3. The van der Waals surface area contributed by atoms with Crippen molar-refractivity contribution < 1.29 is 28.6 Å². The van der Waals surface area contributed by atoms with Crippen LogP contribution in [0.25, 0.3) is 0 Å². The van der Waals surface area contributed by atoms with Gasteiger partial charge in [0.15, 0.2) is 6.10 Å². The molecule has 6 nitrogen and oxygen atoms in total. The fourth-order valence-electron chi connectivity index (χ4n) is 8.95. The molecule has 0 saturated carbocycles. The highest BCUT2D eigenvalue weighted by atomic mass is 16.6. The van der Waals surface area contributed by atoms with E-state index in [9.17, 15) is 14.4 Å². The van der Waals surface area contributed by atoms with Crippen molar-refractivity contribution in [3.8, 4) is 0 Å². The molecule has 6 heteroatoms. The molecule has 0 aliphatic rings. The Balaban J connectivity index is 4.41. The topological polar surface area (TPSA) is 78.9 Å². The van der Waals surface area contributed by atoms with Crippen molar-refractivity contribution in [3.63, 3.8) is 0 Å². The summed E-state index contributed by atoms with van der Waals surface area (Å²) in [5.74, 6) is -0.929. The molecule has 0 spiro atoms. The highest BCUT2D eigenvalue weighted by Gasteiger charge is 2.19. The van der Waals surface area contributed by atoms with Crippen molar-refractivity contribution >= 4 is 17.9 Å². The zero-order chi connectivity index (χ0) is 51.4. The number of allylic oxidation sites excluding steroid dienone is 10. The van der Waals surface area contributed by atoms with E-state index in [1.165, 1.54) is 193 Å². The fraction of sp³-hybridized carbons (Fsp3) is 0.800. The molecule has 0 unspecified atom stereocenters. The Morgan fingerprint density at radius 2 is 0.549 bits per heavy atom. The third-order valence-electron chi connectivity index (χ3n) is 13.5. The smallest absolute Gasteiger partial charge is 0.306 e. The molecule has 0 saturated heterocycles. The van der Waals surface area contributed by atoms with Crippen LogP contribution in [0.1, 0.15) is 316 Å². The molecule has 1 atom stereocenters. The van der Waals surface area contributed by atoms with Crippen LogP contribution < -0.4 is 0 Å². The molecule has 0 aliphatic heterocycles. The third-order valence-corrected chi connectivity index (χ3v) is 13.5. The van der Waals surface area contributed by atoms with Gasteiger partial charge in [0.25, 0.3) is 0 Å². The largest absolute Gasteiger partial charge is 0.462 e. The van der Waals surface area contributed by atoms with Gasteiger partial charge in [0.1, 0.15) is 13.2 Å². The number of hydrogen-bond acceptors (Lipinski definition) is 6. The van der Waals surface area contributed by atoms with Crippen LogP contribution in [0.5, 0.6) is 0 Å². The lowest BCUT2D eigenvalue weighted by Crippen LogP contribution is -2.30. The van der Waals surface area contributed by atoms with E-state index < -0.39 is 6.10 Å². The monoisotopic (exact) mass is 993 g/mol. The summed E-state index contributed by atoms with van der Waals surface area (Å²) in [6.45, 7) is 6.53. The second kappa shape index (κ2) is 59.7. The molecule has 0 rings (SSSR count). The average Bonchev–Trinajstić information content (AvgIpc) is 3.37. The van der Waals surface area contributed by atoms with Crippen molar-refractivity contribution in [1.29, 1.82) is 0 Å². The number of ether oxygens (including phenoxy) is 3. The van der Waals surface area contributed by atoms with Gasteiger partial charge in [-0.3, -0.25) is 14.4 Å². The van der Waals surface area contributed by atoms with Crippen molar-refractivity contribution in [3.05, 3.63) is 60.8 Å². The molecule has 71 heavy (non-hydrogen) atoms. The van der Waals surface area contributed by atoms with Crippen LogP contribution in [-0.4, -0.2) is 37.2 Å². The molecule has 0 aromatic rings. The van der Waals surface area contributed by atoms with E-state index in [1.54, 1.807) is 0 Å². The van der Waals surface area contributed by atoms with Gasteiger partial charge in [-0.15, -0.1) is 0 Å². The van der Waals surface area contributed by atoms with Gasteiger partial charge in [0, 0.05) is 19.3 Å². The Hall–Kier alpha value is -2.89. The molecule has 0 fully saturated rings. The van der Waals surface area contributed by atoms with E-state index in [-0.39, 0.29) is 37.5 Å². The second-order valence-corrected chi connectivity index (χ2v) is 20.6. The first kappa shape index (κ1) is 68.1. The minimum absolute atomic E-state index is 0.0872. The predicted molar refractivity (Wildman–Crippen MR) is 307 cm³/mol. The van der Waals surface area contributed by atoms with Crippen molar-refractivity contribution in [1.82, 2.24) is 0 Å². The Bertz CT molecular complexity index is 1280. The Kier molecular flexibility index (Phi) is 57.2. The van der Waals surface area contributed by atoms with Gasteiger partial charge < -0.3 is 14.2 Å². The third kappa shape index (κ3) is 57.9. The molecule has 0 N–H and O–H groups in total. The quantitative estimate of drug-likeness (QED) is 0.0261. The van der Waals surface area contributed by atoms with Crippen LogP contribution in [0.4, 0.5) is 0 Å². The maximum atomic E-state index is 12.9. The molecule has 0 heterocycles. The van der Waals surface area contributed by atoms with E-state index in [0.29, 0.717) is 19.3 Å². The lowest BCUT2D eigenvalue weighted by molar-refractivity contribution is -0.167. The van der Waals surface area contributed by atoms with Gasteiger partial charge in [-0.2, -0.15) is 0 Å². The van der Waals surface area contributed by atoms with Gasteiger partial charge in [-0.1, -0.05) is 300 Å². The SMILES string of the molecule is CC/C=C\C/C=C\C/C=C\C/C=C\C/C=C\CCCC(=O)OC[C@H](COC(=O)CCCCCCCCCCCCCCCCCCCC)OC(=O)CCCCCCCCCCCCCCCCCCCC. The summed E-state index contributed by atoms with van der Waals surface area (Å²) in [5.41, 5.74) is 0. The summed E-state index contributed by atoms with van der Waals surface area (Å²) in [6.07, 6.45) is 75.1. The summed E-state index contributed by atoms with van der Waals surface area (Å²) in [4.78, 5) is 38.2. The molecular weight excluding hydrogens is 877 g/mol. The zero-order valence-electron chi connectivity index (χ0n) is 47.2. The highest BCUT2D eigenvalue weighted by Crippen LogP contribution is 2.17. The van der Waals surface area contributed by atoms with E-state index in [1.807, 2.05) is 0 Å². The lowest BCUT2D eigenvalue weighted by atomic mass is 10.0. The molecule has 0 aromatic heterocycles. The standard InChI is InChI=1S/C65H116O6/c1-4-7-10-13-16-19-22-25-28-31-34-37-40-43-46-49-52-55-58-64(67)70-61-62(60-69-63(66)57-54-51-48-45-42-39-36-33-30-27-24-21-18-15-12-9-6-3)71-65(68)59-56-53-50-47-44-41-38-35-32-29-26-23-20-17-14-11-8-5-2/h9,12,18,21,27,30,36,39,45,48,62H,4-8,10-11,13-17,19-20,22-26,28-29,31-35,37-38,40-44,46-47,49-61H2,1-3H3/b12-9-,21-18-,30-27-,39-36-,48-45-/t62-/m1/s1. The van der Waals surface area contributed by atoms with Crippen LogP contribution in [0.15, 0.2) is 60.8 Å². The van der Waals surface area contributed by atoms with Crippen LogP contribution in [0.2, 0.25) is 0 Å². The number of esters is 3. The maximum absolute atomic E-state index is 12.9. The summed E-state index contributed by atoms with van der Waals surface area (Å²) in [6, 6.07) is 0. The van der Waals surface area contributed by atoms with Gasteiger partial charge in [0.2, 0.25) is 0 Å². The summed E-state index contributed by atoms with van der Waals surface area (Å²) in [5, 5.41) is 0. The highest BCUT2D eigenvalue weighted by molar-refractivity contribution is 5.71. The average molecular weight is 994 g/mol. The zero-order valence-corrected chi connectivity index (χ0v) is 47.2. The fourth-order valence-corrected chi connectivity index (χ4v) is 8.95. The van der Waals surface area contributed by atoms with Gasteiger partial charge in [0.05, 0.1) is 0 Å². The van der Waals surface area contributed by atoms with Crippen LogP contribution in [0, 0.1) is 0 Å². The number of hydrogen-bond donors (Lipinski definition) is 0. The number of unbranched alkanes of at least 4 members (excludes halogenated alkanes) is 35. The minimum Gasteiger partial charge on any atom is -0.462 e. The molecule has 0 amide bonds. The van der Waals surface area contributed by atoms with Gasteiger partial charge >= 0.3 is 17.9 Å². The molecule has 0 radical (unpaired) electrons. The van der Waals surface area contributed by atoms with E-state index in [2.05, 4.69) is 81.5 Å². The molecule has 412 valence electrons. The predicted octanol–water partition coefficient (Wildman–Crippen LogP) is 20.8. The van der Waals surface area contributed by atoms with Crippen LogP contribution in [0.3, 0.4) is 0 Å². The normalized spacial score (nSPS) is 12.4. The Morgan fingerprint density at radius 3 is 0.859 bits per heavy atom. The summed E-state index contributed by atoms with van der Waals surface area (Å²) in [7, 11) is 0. The molecular formula is C65H116O6.